The monoisotopic (exact) mass is 477 g/mol. The summed E-state index contributed by atoms with van der Waals surface area (Å²) in [6, 6.07) is 9.70. The van der Waals surface area contributed by atoms with Crippen molar-refractivity contribution in [3.8, 4) is 0 Å². The zero-order valence-corrected chi connectivity index (χ0v) is 17.8. The number of nitrogens with one attached hydrogen (secondary N) is 2. The summed E-state index contributed by atoms with van der Waals surface area (Å²) < 4.78 is 0.724. The standard InChI is InChI=1S/C20H17BrClN3O4/c1-11(26)23-17-7-5-13(10-16(17)22)24-18(27)3-2-8-25-19(28)14-6-4-12(21)9-15(14)20(25)29/h4-7,9-10H,2-3,8H2,1H3,(H,23,26)(H,24,27). The van der Waals surface area contributed by atoms with Crippen LogP contribution in [0.3, 0.4) is 0 Å². The van der Waals surface area contributed by atoms with Crippen LogP contribution in [0.15, 0.2) is 40.9 Å². The maximum absolute atomic E-state index is 12.4. The van der Waals surface area contributed by atoms with Gasteiger partial charge in [0.1, 0.15) is 0 Å². The van der Waals surface area contributed by atoms with Gasteiger partial charge in [-0.3, -0.25) is 24.1 Å². The Labute approximate surface area is 180 Å². The van der Waals surface area contributed by atoms with Crippen LogP contribution in [0.1, 0.15) is 40.5 Å². The highest BCUT2D eigenvalue weighted by Gasteiger charge is 2.35. The molecule has 4 amide bonds. The number of carbonyl (C=O) groups excluding carboxylic acids is 4. The molecule has 0 spiro atoms. The van der Waals surface area contributed by atoms with Gasteiger partial charge in [0, 0.05) is 30.0 Å². The van der Waals surface area contributed by atoms with E-state index in [-0.39, 0.29) is 36.6 Å². The SMILES string of the molecule is CC(=O)Nc1ccc(NC(=O)CCCN2C(=O)c3ccc(Br)cc3C2=O)cc1Cl. The molecule has 0 fully saturated rings. The summed E-state index contributed by atoms with van der Waals surface area (Å²) in [5, 5.41) is 5.59. The van der Waals surface area contributed by atoms with Crippen molar-refractivity contribution >= 4 is 62.5 Å². The molecule has 0 unspecified atom stereocenters. The number of anilines is 2. The molecule has 0 bridgehead atoms. The fraction of sp³-hybridized carbons (Fsp3) is 0.200. The van der Waals surface area contributed by atoms with E-state index in [0.717, 1.165) is 9.37 Å². The number of rotatable bonds is 6. The number of nitrogens with zero attached hydrogens (tertiary/aromatic N) is 1. The highest BCUT2D eigenvalue weighted by atomic mass is 79.9. The van der Waals surface area contributed by atoms with E-state index in [0.29, 0.717) is 33.9 Å². The molecular weight excluding hydrogens is 462 g/mol. The second-order valence-corrected chi connectivity index (χ2v) is 7.80. The predicted molar refractivity (Wildman–Crippen MR) is 113 cm³/mol. The first-order valence-electron chi connectivity index (χ1n) is 8.79. The van der Waals surface area contributed by atoms with Gasteiger partial charge in [-0.25, -0.2) is 0 Å². The number of hydrogen-bond acceptors (Lipinski definition) is 4. The molecule has 2 N–H and O–H groups in total. The largest absolute Gasteiger partial charge is 0.326 e. The number of hydrogen-bond donors (Lipinski definition) is 2. The molecule has 29 heavy (non-hydrogen) atoms. The third-order valence-corrected chi connectivity index (χ3v) is 5.09. The molecule has 2 aromatic rings. The first-order valence-corrected chi connectivity index (χ1v) is 9.96. The van der Waals surface area contributed by atoms with E-state index in [1.165, 1.54) is 13.0 Å². The second kappa shape index (κ2) is 8.75. The molecule has 150 valence electrons. The number of carbonyl (C=O) groups is 4. The quantitative estimate of drug-likeness (QED) is 0.612. The van der Waals surface area contributed by atoms with Crippen molar-refractivity contribution in [1.82, 2.24) is 4.90 Å². The van der Waals surface area contributed by atoms with E-state index >= 15 is 0 Å². The molecule has 0 aliphatic carbocycles. The molecule has 0 aromatic heterocycles. The fourth-order valence-corrected chi connectivity index (χ4v) is 3.56. The van der Waals surface area contributed by atoms with E-state index < -0.39 is 0 Å². The van der Waals surface area contributed by atoms with Crippen LogP contribution in [0.25, 0.3) is 0 Å². The van der Waals surface area contributed by atoms with Crippen molar-refractivity contribution in [2.45, 2.75) is 19.8 Å². The number of fused-ring (bicyclic) bond motifs is 1. The van der Waals surface area contributed by atoms with Crippen molar-refractivity contribution in [3.05, 3.63) is 57.0 Å². The van der Waals surface area contributed by atoms with Crippen molar-refractivity contribution in [1.29, 1.82) is 0 Å². The molecule has 3 rings (SSSR count). The van der Waals surface area contributed by atoms with Crippen LogP contribution < -0.4 is 10.6 Å². The third-order valence-electron chi connectivity index (χ3n) is 4.28. The second-order valence-electron chi connectivity index (χ2n) is 6.48. The lowest BCUT2D eigenvalue weighted by molar-refractivity contribution is -0.116. The van der Waals surface area contributed by atoms with Gasteiger partial charge in [-0.05, 0) is 42.8 Å². The van der Waals surface area contributed by atoms with E-state index in [4.69, 9.17) is 11.6 Å². The molecule has 9 heteroatoms. The van der Waals surface area contributed by atoms with Crippen molar-refractivity contribution < 1.29 is 19.2 Å². The minimum Gasteiger partial charge on any atom is -0.326 e. The van der Waals surface area contributed by atoms with Gasteiger partial charge in [0.15, 0.2) is 0 Å². The first kappa shape index (κ1) is 21.0. The van der Waals surface area contributed by atoms with Crippen LogP contribution in [0.4, 0.5) is 11.4 Å². The third kappa shape index (κ3) is 4.83. The van der Waals surface area contributed by atoms with E-state index in [1.807, 2.05) is 0 Å². The van der Waals surface area contributed by atoms with Crippen LogP contribution >= 0.6 is 27.5 Å². The average Bonchev–Trinajstić information content (AvgIpc) is 2.88. The Hall–Kier alpha value is -2.71. The smallest absolute Gasteiger partial charge is 0.261 e. The van der Waals surface area contributed by atoms with Crippen molar-refractivity contribution in [2.24, 2.45) is 0 Å². The molecule has 0 saturated heterocycles. The summed E-state index contributed by atoms with van der Waals surface area (Å²) in [6.45, 7) is 1.53. The van der Waals surface area contributed by atoms with E-state index in [2.05, 4.69) is 26.6 Å². The Morgan fingerprint density at radius 1 is 1.03 bits per heavy atom. The highest BCUT2D eigenvalue weighted by molar-refractivity contribution is 9.10. The summed E-state index contributed by atoms with van der Waals surface area (Å²) in [7, 11) is 0. The molecule has 1 heterocycles. The lowest BCUT2D eigenvalue weighted by Crippen LogP contribution is -2.31. The van der Waals surface area contributed by atoms with Gasteiger partial charge in [0.05, 0.1) is 21.8 Å². The lowest BCUT2D eigenvalue weighted by Gasteiger charge is -2.13. The normalized spacial score (nSPS) is 12.7. The maximum atomic E-state index is 12.4. The number of amides is 4. The van der Waals surface area contributed by atoms with Crippen molar-refractivity contribution in [3.63, 3.8) is 0 Å². The Morgan fingerprint density at radius 3 is 2.45 bits per heavy atom. The first-order chi connectivity index (χ1) is 13.8. The Kier molecular flexibility index (Phi) is 6.34. The number of imide groups is 1. The van der Waals surface area contributed by atoms with Crippen LogP contribution in [-0.4, -0.2) is 35.1 Å². The minimum atomic E-state index is -0.355. The Bertz CT molecular complexity index is 1020. The summed E-state index contributed by atoms with van der Waals surface area (Å²) in [6.07, 6.45) is 0.457. The van der Waals surface area contributed by atoms with Gasteiger partial charge in [-0.15, -0.1) is 0 Å². The minimum absolute atomic E-state index is 0.127. The van der Waals surface area contributed by atoms with Crippen LogP contribution in [0, 0.1) is 0 Å². The maximum Gasteiger partial charge on any atom is 0.261 e. The molecule has 2 aromatic carbocycles. The van der Waals surface area contributed by atoms with Gasteiger partial charge in [0.25, 0.3) is 11.8 Å². The van der Waals surface area contributed by atoms with E-state index in [1.54, 1.807) is 30.3 Å². The van der Waals surface area contributed by atoms with E-state index in [9.17, 15) is 19.2 Å². The predicted octanol–water partition coefficient (Wildman–Crippen LogP) is 4.08. The summed E-state index contributed by atoms with van der Waals surface area (Å²) in [4.78, 5) is 49.2. The molecular formula is C20H17BrClN3O4. The topological polar surface area (TPSA) is 95.6 Å². The van der Waals surface area contributed by atoms with Gasteiger partial charge >= 0.3 is 0 Å². The van der Waals surface area contributed by atoms with Gasteiger partial charge in [-0.1, -0.05) is 27.5 Å². The van der Waals surface area contributed by atoms with Gasteiger partial charge in [-0.2, -0.15) is 0 Å². The van der Waals surface area contributed by atoms with Crippen LogP contribution in [-0.2, 0) is 9.59 Å². The molecule has 0 atom stereocenters. The zero-order chi connectivity index (χ0) is 21.1. The summed E-state index contributed by atoms with van der Waals surface area (Å²) >= 11 is 9.38. The van der Waals surface area contributed by atoms with Gasteiger partial charge in [0.2, 0.25) is 11.8 Å². The lowest BCUT2D eigenvalue weighted by atomic mass is 10.1. The van der Waals surface area contributed by atoms with Gasteiger partial charge < -0.3 is 10.6 Å². The number of benzene rings is 2. The molecule has 0 radical (unpaired) electrons. The summed E-state index contributed by atoms with van der Waals surface area (Å²) in [5.74, 6) is -1.22. The highest BCUT2D eigenvalue weighted by Crippen LogP contribution is 2.27. The Morgan fingerprint density at radius 2 is 1.76 bits per heavy atom. The molecule has 1 aliphatic rings. The molecule has 7 nitrogen and oxygen atoms in total. The molecule has 1 aliphatic heterocycles. The average molecular weight is 479 g/mol. The van der Waals surface area contributed by atoms with Crippen LogP contribution in [0.2, 0.25) is 5.02 Å². The fourth-order valence-electron chi connectivity index (χ4n) is 2.97. The van der Waals surface area contributed by atoms with Crippen molar-refractivity contribution in [2.75, 3.05) is 17.2 Å². The Balaban J connectivity index is 1.53. The van der Waals surface area contributed by atoms with Crippen LogP contribution in [0.5, 0.6) is 0 Å². The number of halogens is 2. The summed E-state index contributed by atoms with van der Waals surface area (Å²) in [5.41, 5.74) is 1.67. The zero-order valence-electron chi connectivity index (χ0n) is 15.4. The molecule has 0 saturated carbocycles.